The van der Waals surface area contributed by atoms with Gasteiger partial charge in [0.15, 0.2) is 11.6 Å². The first-order valence-corrected chi connectivity index (χ1v) is 20.7. The molecule has 8 rings (SSSR count). The molecule has 6 aromatic rings. The van der Waals surface area contributed by atoms with Crippen molar-refractivity contribution in [3.63, 3.8) is 0 Å². The van der Waals surface area contributed by atoms with Crippen LogP contribution in [-0.2, 0) is 4.74 Å². The quantitative estimate of drug-likeness (QED) is 0.0773. The molecule has 20 nitrogen and oxygen atoms in total. The van der Waals surface area contributed by atoms with Crippen LogP contribution in [0.4, 0.5) is 40.0 Å². The number of aryl methyl sites for hydroxylation is 2. The number of hydrogen-bond donors (Lipinski definition) is 9. The van der Waals surface area contributed by atoms with Crippen LogP contribution >= 0.6 is 15.9 Å². The van der Waals surface area contributed by atoms with Crippen molar-refractivity contribution in [2.45, 2.75) is 78.0 Å². The second-order valence-electron chi connectivity index (χ2n) is 15.4. The summed E-state index contributed by atoms with van der Waals surface area (Å²) in [5.41, 5.74) is 2.48. The molecule has 0 bridgehead atoms. The molecule has 0 atom stereocenters. The van der Waals surface area contributed by atoms with Gasteiger partial charge in [-0.05, 0) is 114 Å². The predicted molar refractivity (Wildman–Crippen MR) is 235 cm³/mol. The molecule has 0 radical (unpaired) electrons. The average Bonchev–Trinajstić information content (AvgIpc) is 4.08. The van der Waals surface area contributed by atoms with Crippen molar-refractivity contribution in [3.05, 3.63) is 77.2 Å². The fourth-order valence-electron chi connectivity index (χ4n) is 6.21. The summed E-state index contributed by atoms with van der Waals surface area (Å²) in [5, 5.41) is 47.4. The lowest BCUT2D eigenvalue weighted by atomic mass is 9.88. The Labute approximate surface area is 361 Å². The van der Waals surface area contributed by atoms with E-state index in [0.717, 1.165) is 71.8 Å². The molecule has 1 amide bonds. The van der Waals surface area contributed by atoms with Crippen LogP contribution in [0.1, 0.15) is 57.8 Å². The average molecular weight is 904 g/mol. The van der Waals surface area contributed by atoms with Gasteiger partial charge in [0, 0.05) is 61.1 Å². The van der Waals surface area contributed by atoms with Crippen LogP contribution < -0.4 is 32.2 Å². The summed E-state index contributed by atoms with van der Waals surface area (Å²) in [4.78, 5) is 31.8. The molecule has 0 saturated carbocycles. The number of carbonyl (C=O) groups excluding carboxylic acids is 1. The molecule has 8 heterocycles. The Kier molecular flexibility index (Phi) is 15.4. The maximum absolute atomic E-state index is 12.2. The Balaban J connectivity index is 0.000000173. The summed E-state index contributed by atoms with van der Waals surface area (Å²) in [6, 6.07) is 11.2. The number of aromatic amines is 2. The van der Waals surface area contributed by atoms with Crippen LogP contribution in [0.3, 0.4) is 0 Å². The van der Waals surface area contributed by atoms with Crippen LogP contribution in [0.15, 0.2) is 74.6 Å². The Hall–Kier alpha value is -5.97. The molecule has 9 N–H and O–H groups in total. The first-order valence-electron chi connectivity index (χ1n) is 19.9. The van der Waals surface area contributed by atoms with Gasteiger partial charge in [0.2, 0.25) is 11.9 Å². The largest absolute Gasteiger partial charge is 0.526 e. The lowest BCUT2D eigenvalue weighted by molar-refractivity contribution is 0.0210. The van der Waals surface area contributed by atoms with Crippen LogP contribution in [0.25, 0.3) is 11.3 Å². The number of amides is 1. The molecule has 61 heavy (non-hydrogen) atoms. The van der Waals surface area contributed by atoms with E-state index in [4.69, 9.17) is 19.2 Å². The minimum Gasteiger partial charge on any atom is -0.473 e. The van der Waals surface area contributed by atoms with Crippen LogP contribution in [-0.4, -0.2) is 112 Å². The van der Waals surface area contributed by atoms with E-state index < -0.39 is 12.7 Å². The minimum atomic E-state index is -1.48. The molecule has 2 fully saturated rings. The molecule has 0 aromatic carbocycles. The molecule has 0 unspecified atom stereocenters. The van der Waals surface area contributed by atoms with Crippen molar-refractivity contribution >= 4 is 70.0 Å². The second-order valence-corrected chi connectivity index (χ2v) is 16.2. The van der Waals surface area contributed by atoms with E-state index in [1.54, 1.807) is 29.6 Å². The first kappa shape index (κ1) is 44.6. The van der Waals surface area contributed by atoms with Crippen LogP contribution in [0.2, 0.25) is 0 Å². The van der Waals surface area contributed by atoms with Gasteiger partial charge in [0.05, 0.1) is 22.6 Å². The van der Waals surface area contributed by atoms with E-state index in [1.165, 1.54) is 12.3 Å². The van der Waals surface area contributed by atoms with Gasteiger partial charge in [-0.1, -0.05) is 0 Å². The molecule has 0 spiro atoms. The lowest BCUT2D eigenvalue weighted by Gasteiger charge is -2.34. The number of rotatable bonds is 10. The number of H-pyrrole nitrogens is 2. The number of piperidine rings is 2. The fraction of sp³-hybridized carbons (Fsp3) is 0.410. The third-order valence-corrected chi connectivity index (χ3v) is 9.76. The number of ether oxygens (including phenoxy) is 1. The van der Waals surface area contributed by atoms with E-state index in [-0.39, 0.29) is 17.8 Å². The number of aromatic nitrogens is 8. The van der Waals surface area contributed by atoms with E-state index in [1.807, 2.05) is 58.9 Å². The Morgan fingerprint density at radius 1 is 0.852 bits per heavy atom. The number of furan rings is 2. The van der Waals surface area contributed by atoms with Crippen molar-refractivity contribution in [2.24, 2.45) is 0 Å². The second kappa shape index (κ2) is 21.0. The highest BCUT2D eigenvalue weighted by Gasteiger charge is 2.27. The summed E-state index contributed by atoms with van der Waals surface area (Å²) in [5.74, 6) is 4.54. The van der Waals surface area contributed by atoms with Gasteiger partial charge >= 0.3 is 13.2 Å². The monoisotopic (exact) mass is 902 g/mol. The highest BCUT2D eigenvalue weighted by atomic mass is 79.9. The van der Waals surface area contributed by atoms with Gasteiger partial charge in [0.1, 0.15) is 28.7 Å². The Bertz CT molecular complexity index is 2250. The zero-order valence-corrected chi connectivity index (χ0v) is 36.3. The van der Waals surface area contributed by atoms with Crippen LogP contribution in [0.5, 0.6) is 0 Å². The van der Waals surface area contributed by atoms with Crippen LogP contribution in [0, 0.1) is 13.8 Å². The highest BCUT2D eigenvalue weighted by molar-refractivity contribution is 9.10. The molecule has 2 aliphatic heterocycles. The topological polar surface area (TPSA) is 265 Å². The van der Waals surface area contributed by atoms with Gasteiger partial charge in [-0.3, -0.25) is 10.2 Å². The number of nitrogens with one attached hydrogen (secondary N) is 7. The number of nitrogens with zero attached hydrogens (tertiary/aromatic N) is 7. The van der Waals surface area contributed by atoms with Crippen molar-refractivity contribution in [2.75, 3.05) is 47.4 Å². The molecule has 6 aromatic heterocycles. The van der Waals surface area contributed by atoms with Gasteiger partial charge in [0.25, 0.3) is 0 Å². The molecule has 2 saturated heterocycles. The third-order valence-electron chi connectivity index (χ3n) is 9.18. The summed E-state index contributed by atoms with van der Waals surface area (Å²) < 4.78 is 16.4. The van der Waals surface area contributed by atoms with Gasteiger partial charge < -0.3 is 55.1 Å². The summed E-state index contributed by atoms with van der Waals surface area (Å²) in [6.45, 7) is 12.8. The number of hydrogen-bond acceptors (Lipinski definition) is 17. The number of likely N-dealkylation sites (tertiary alicyclic amines) is 1. The maximum Gasteiger partial charge on any atom is 0.526 e. The predicted octanol–water partition coefficient (Wildman–Crippen LogP) is 5.46. The number of halogens is 1. The third kappa shape index (κ3) is 13.8. The zero-order chi connectivity index (χ0) is 43.4. The van der Waals surface area contributed by atoms with E-state index >= 15 is 0 Å². The van der Waals surface area contributed by atoms with Gasteiger partial charge in [-0.15, -0.1) is 0 Å². The molecule has 22 heteroatoms. The summed E-state index contributed by atoms with van der Waals surface area (Å²) >= 11 is 3.49. The minimum absolute atomic E-state index is 0.171. The van der Waals surface area contributed by atoms with E-state index in [9.17, 15) is 4.79 Å². The summed E-state index contributed by atoms with van der Waals surface area (Å²) in [7, 11) is -1.48. The first-order chi connectivity index (χ1) is 29.3. The smallest absolute Gasteiger partial charge is 0.473 e. The SMILES string of the molecule is Cc1cc(Nc2ncc(-c3ccco3)c(NC3CCNCC3)n2)n[nH]1.Cc1cc(Nc2ncc(Br)c(NC3CCN(C(=O)OC(C)(C)C)CC3)n2)n[nH]1.OB(O)c1ccco1. The molecule has 0 aliphatic carbocycles. The molecule has 324 valence electrons. The maximum atomic E-state index is 12.2. The highest BCUT2D eigenvalue weighted by Crippen LogP contribution is 2.29. The number of anilines is 6. The Morgan fingerprint density at radius 3 is 1.95 bits per heavy atom. The lowest BCUT2D eigenvalue weighted by Crippen LogP contribution is -2.44. The van der Waals surface area contributed by atoms with Crippen molar-refractivity contribution in [1.82, 2.24) is 50.5 Å². The zero-order valence-electron chi connectivity index (χ0n) is 34.7. The molecular formula is C39H52BBrN14O6. The molecular weight excluding hydrogens is 851 g/mol. The van der Waals surface area contributed by atoms with E-state index in [0.29, 0.717) is 48.5 Å². The standard InChI is InChI=1S/C18H26BrN7O2.C17H21N7O.C4H5BO3/c1-11-9-14(25-24-11)22-16-20-10-13(19)15(23-16)21-12-5-7-26(8-6-12)17(27)28-18(2,3)4;1-11-9-15(24-23-11)21-17-19-10-13(14-3-2-8-25-14)16(22-17)20-12-4-6-18-7-5-12;6-5(7)4-2-1-3-8-4/h9-10,12H,5-8H2,1-4H3,(H3,20,21,22,23,24,25);2-3,8-10,12,18H,4-7H2,1H3,(H3,19,20,21,22,23,24);1-3,6-7H. The Morgan fingerprint density at radius 2 is 1.43 bits per heavy atom. The van der Waals surface area contributed by atoms with Gasteiger partial charge in [-0.25, -0.2) is 14.8 Å². The normalized spacial score (nSPS) is 14.5. The van der Waals surface area contributed by atoms with Crippen molar-refractivity contribution in [1.29, 1.82) is 0 Å². The summed E-state index contributed by atoms with van der Waals surface area (Å²) in [6.07, 6.45) is 10.0. The molecule has 2 aliphatic rings. The van der Waals surface area contributed by atoms with Crippen molar-refractivity contribution in [3.8, 4) is 11.3 Å². The van der Waals surface area contributed by atoms with Gasteiger partial charge in [-0.2, -0.15) is 20.2 Å². The fourth-order valence-corrected chi connectivity index (χ4v) is 6.52. The van der Waals surface area contributed by atoms with E-state index in [2.05, 4.69) is 87.3 Å². The van der Waals surface area contributed by atoms with Crippen molar-refractivity contribution < 1.29 is 28.4 Å². The number of carbonyl (C=O) groups is 1.